The van der Waals surface area contributed by atoms with Crippen molar-refractivity contribution in [2.75, 3.05) is 6.54 Å². The second-order valence-corrected chi connectivity index (χ2v) is 4.34. The summed E-state index contributed by atoms with van der Waals surface area (Å²) < 4.78 is 0. The lowest BCUT2D eigenvalue weighted by Crippen LogP contribution is -2.46. The number of aliphatic hydroxyl groups excluding tert-OH is 1. The molecular formula is C11H20N4O2. The summed E-state index contributed by atoms with van der Waals surface area (Å²) in [7, 11) is 0. The number of H-pyrrole nitrogens is 1. The average Bonchev–Trinajstić information content (AvgIpc) is 2.74. The van der Waals surface area contributed by atoms with Gasteiger partial charge in [-0.3, -0.25) is 5.10 Å². The van der Waals surface area contributed by atoms with Crippen molar-refractivity contribution in [3.63, 3.8) is 0 Å². The number of nitrogens with zero attached hydrogens (tertiary/aromatic N) is 2. The largest absolute Gasteiger partial charge is 0.392 e. The highest BCUT2D eigenvalue weighted by Gasteiger charge is 2.18. The standard InChI is InChI=1S/C11H20N4O2/c1-8(2)15(7-9(3)16)11(17)12-6-10-4-5-13-14-10/h4-5,8-9,16H,6-7H2,1-3H3,(H,12,17)(H,13,14). The normalized spacial score (nSPS) is 12.5. The summed E-state index contributed by atoms with van der Waals surface area (Å²) in [6, 6.07) is 1.66. The highest BCUT2D eigenvalue weighted by atomic mass is 16.3. The van der Waals surface area contributed by atoms with Gasteiger partial charge >= 0.3 is 6.03 Å². The molecule has 0 aromatic carbocycles. The third-order valence-corrected chi connectivity index (χ3v) is 2.33. The molecule has 0 spiro atoms. The first-order valence-electron chi connectivity index (χ1n) is 5.71. The van der Waals surface area contributed by atoms with Crippen LogP contribution in [0.3, 0.4) is 0 Å². The fraction of sp³-hybridized carbons (Fsp3) is 0.636. The Morgan fingerprint density at radius 2 is 2.29 bits per heavy atom. The second kappa shape index (κ2) is 6.24. The van der Waals surface area contributed by atoms with E-state index in [1.54, 1.807) is 24.1 Å². The van der Waals surface area contributed by atoms with Crippen molar-refractivity contribution >= 4 is 6.03 Å². The van der Waals surface area contributed by atoms with Crippen molar-refractivity contribution in [2.24, 2.45) is 0 Å². The van der Waals surface area contributed by atoms with Gasteiger partial charge in [0.2, 0.25) is 0 Å². The van der Waals surface area contributed by atoms with Crippen LogP contribution in [0.5, 0.6) is 0 Å². The Morgan fingerprint density at radius 3 is 2.76 bits per heavy atom. The lowest BCUT2D eigenvalue weighted by molar-refractivity contribution is 0.118. The van der Waals surface area contributed by atoms with Crippen LogP contribution in [0, 0.1) is 0 Å². The molecular weight excluding hydrogens is 220 g/mol. The summed E-state index contributed by atoms with van der Waals surface area (Å²) in [6.07, 6.45) is 1.10. The van der Waals surface area contributed by atoms with Crippen LogP contribution in [0.25, 0.3) is 0 Å². The molecule has 6 nitrogen and oxygen atoms in total. The van der Waals surface area contributed by atoms with E-state index < -0.39 is 6.10 Å². The maximum absolute atomic E-state index is 11.9. The molecule has 6 heteroatoms. The predicted octanol–water partition coefficient (Wildman–Crippen LogP) is 0.710. The number of aromatic nitrogens is 2. The van der Waals surface area contributed by atoms with Crippen LogP contribution in [0.1, 0.15) is 26.5 Å². The summed E-state index contributed by atoms with van der Waals surface area (Å²) >= 11 is 0. The van der Waals surface area contributed by atoms with Crippen molar-refractivity contribution in [2.45, 2.75) is 39.5 Å². The van der Waals surface area contributed by atoms with Gasteiger partial charge in [-0.05, 0) is 26.8 Å². The first-order chi connectivity index (χ1) is 8.00. The molecule has 1 aromatic heterocycles. The number of carbonyl (C=O) groups excluding carboxylic acids is 1. The van der Waals surface area contributed by atoms with Crippen LogP contribution in [-0.2, 0) is 6.54 Å². The van der Waals surface area contributed by atoms with Gasteiger partial charge < -0.3 is 15.3 Å². The van der Waals surface area contributed by atoms with E-state index in [-0.39, 0.29) is 12.1 Å². The Labute approximate surface area is 101 Å². The number of aliphatic hydroxyl groups is 1. The van der Waals surface area contributed by atoms with Gasteiger partial charge in [0.05, 0.1) is 18.3 Å². The summed E-state index contributed by atoms with van der Waals surface area (Å²) in [5.74, 6) is 0. The molecule has 3 N–H and O–H groups in total. The molecule has 0 saturated heterocycles. The number of hydrogen-bond acceptors (Lipinski definition) is 3. The van der Waals surface area contributed by atoms with Crippen molar-refractivity contribution in [3.05, 3.63) is 18.0 Å². The van der Waals surface area contributed by atoms with Gasteiger partial charge in [0, 0.05) is 18.8 Å². The summed E-state index contributed by atoms with van der Waals surface area (Å²) in [6.45, 7) is 6.22. The lowest BCUT2D eigenvalue weighted by Gasteiger charge is -2.28. The number of urea groups is 1. The Kier molecular flexibility index (Phi) is 4.96. The van der Waals surface area contributed by atoms with Crippen molar-refractivity contribution in [1.82, 2.24) is 20.4 Å². The molecule has 1 unspecified atom stereocenters. The third kappa shape index (κ3) is 4.44. The molecule has 0 bridgehead atoms. The number of nitrogens with one attached hydrogen (secondary N) is 2. The van der Waals surface area contributed by atoms with E-state index in [1.165, 1.54) is 0 Å². The minimum atomic E-state index is -0.532. The maximum atomic E-state index is 11.9. The van der Waals surface area contributed by atoms with Crippen LogP contribution in [-0.4, -0.2) is 44.9 Å². The molecule has 0 radical (unpaired) electrons. The average molecular weight is 240 g/mol. The van der Waals surface area contributed by atoms with E-state index >= 15 is 0 Å². The molecule has 0 aliphatic carbocycles. The van der Waals surface area contributed by atoms with Gasteiger partial charge in [0.25, 0.3) is 0 Å². The highest BCUT2D eigenvalue weighted by molar-refractivity contribution is 5.74. The van der Waals surface area contributed by atoms with Crippen LogP contribution < -0.4 is 5.32 Å². The van der Waals surface area contributed by atoms with E-state index in [0.717, 1.165) is 5.69 Å². The van der Waals surface area contributed by atoms with Crippen molar-refractivity contribution in [1.29, 1.82) is 0 Å². The Bertz CT molecular complexity index is 335. The molecule has 96 valence electrons. The molecule has 1 atom stereocenters. The summed E-state index contributed by atoms with van der Waals surface area (Å²) in [4.78, 5) is 13.5. The van der Waals surface area contributed by atoms with Gasteiger partial charge in [-0.25, -0.2) is 4.79 Å². The topological polar surface area (TPSA) is 81.2 Å². The quantitative estimate of drug-likeness (QED) is 0.709. The van der Waals surface area contributed by atoms with Gasteiger partial charge in [-0.1, -0.05) is 0 Å². The zero-order valence-corrected chi connectivity index (χ0v) is 10.5. The van der Waals surface area contributed by atoms with Crippen molar-refractivity contribution in [3.8, 4) is 0 Å². The van der Waals surface area contributed by atoms with Crippen LogP contribution >= 0.6 is 0 Å². The van der Waals surface area contributed by atoms with Crippen LogP contribution in [0.2, 0.25) is 0 Å². The van der Waals surface area contributed by atoms with Crippen LogP contribution in [0.4, 0.5) is 4.79 Å². The van der Waals surface area contributed by atoms with Gasteiger partial charge in [-0.2, -0.15) is 5.10 Å². The summed E-state index contributed by atoms with van der Waals surface area (Å²) in [5.41, 5.74) is 0.846. The lowest BCUT2D eigenvalue weighted by atomic mass is 10.3. The molecule has 1 aromatic rings. The van der Waals surface area contributed by atoms with E-state index in [4.69, 9.17) is 0 Å². The minimum Gasteiger partial charge on any atom is -0.392 e. The van der Waals surface area contributed by atoms with E-state index in [0.29, 0.717) is 13.1 Å². The molecule has 1 heterocycles. The molecule has 0 saturated carbocycles. The van der Waals surface area contributed by atoms with E-state index in [1.807, 2.05) is 13.8 Å². The maximum Gasteiger partial charge on any atom is 0.318 e. The second-order valence-electron chi connectivity index (χ2n) is 4.34. The minimum absolute atomic E-state index is 0.0476. The van der Waals surface area contributed by atoms with Gasteiger partial charge in [-0.15, -0.1) is 0 Å². The predicted molar refractivity (Wildman–Crippen MR) is 64.3 cm³/mol. The van der Waals surface area contributed by atoms with Crippen molar-refractivity contribution < 1.29 is 9.90 Å². The highest BCUT2D eigenvalue weighted by Crippen LogP contribution is 2.01. The van der Waals surface area contributed by atoms with Crippen LogP contribution in [0.15, 0.2) is 12.3 Å². The molecule has 2 amide bonds. The van der Waals surface area contributed by atoms with Gasteiger partial charge in [0.15, 0.2) is 0 Å². The summed E-state index contributed by atoms with van der Waals surface area (Å²) in [5, 5.41) is 18.7. The number of aromatic amines is 1. The zero-order valence-electron chi connectivity index (χ0n) is 10.5. The van der Waals surface area contributed by atoms with Gasteiger partial charge in [0.1, 0.15) is 0 Å². The molecule has 0 aliphatic heterocycles. The van der Waals surface area contributed by atoms with E-state index in [2.05, 4.69) is 15.5 Å². The fourth-order valence-electron chi connectivity index (χ4n) is 1.47. The molecule has 17 heavy (non-hydrogen) atoms. The Morgan fingerprint density at radius 1 is 1.59 bits per heavy atom. The number of carbonyl (C=O) groups is 1. The Balaban J connectivity index is 2.47. The number of amides is 2. The first-order valence-corrected chi connectivity index (χ1v) is 5.71. The monoisotopic (exact) mass is 240 g/mol. The number of rotatable bonds is 5. The first kappa shape index (κ1) is 13.5. The zero-order chi connectivity index (χ0) is 12.8. The molecule has 1 rings (SSSR count). The Hall–Kier alpha value is -1.56. The molecule has 0 fully saturated rings. The van der Waals surface area contributed by atoms with E-state index in [9.17, 15) is 9.90 Å². The molecule has 0 aliphatic rings. The third-order valence-electron chi connectivity index (χ3n) is 2.33. The smallest absolute Gasteiger partial charge is 0.318 e. The number of hydrogen-bond donors (Lipinski definition) is 3. The fourth-order valence-corrected chi connectivity index (χ4v) is 1.47. The SMILES string of the molecule is CC(O)CN(C(=O)NCc1ccn[nH]1)C(C)C.